The molecule has 1 atom stereocenters. The number of sulfone groups is 1. The summed E-state index contributed by atoms with van der Waals surface area (Å²) in [6.45, 7) is 6.18. The molecule has 0 amide bonds. The van der Waals surface area contributed by atoms with Crippen LogP contribution < -0.4 is 5.32 Å². The number of halogens is 2. The Morgan fingerprint density at radius 2 is 2.00 bits per heavy atom. The third-order valence-electron chi connectivity index (χ3n) is 3.68. The molecule has 20 heavy (non-hydrogen) atoms. The zero-order chi connectivity index (χ0) is 15.6. The lowest BCUT2D eigenvalue weighted by Gasteiger charge is -2.33. The fourth-order valence-electron chi connectivity index (χ4n) is 1.98. The summed E-state index contributed by atoms with van der Waals surface area (Å²) in [6, 6.07) is 5.47. The number of benzene rings is 1. The fourth-order valence-corrected chi connectivity index (χ4v) is 3.41. The first-order valence-electron chi connectivity index (χ1n) is 6.46. The molecule has 3 nitrogen and oxygen atoms in total. The van der Waals surface area contributed by atoms with E-state index >= 15 is 0 Å². The summed E-state index contributed by atoms with van der Waals surface area (Å²) in [5.41, 5.74) is 0.942. The summed E-state index contributed by atoms with van der Waals surface area (Å²) < 4.78 is 24.1. The molecule has 0 spiro atoms. The summed E-state index contributed by atoms with van der Waals surface area (Å²) in [4.78, 5) is 0. The molecule has 1 unspecified atom stereocenters. The molecule has 0 aromatic heterocycles. The summed E-state index contributed by atoms with van der Waals surface area (Å²) in [5, 5.41) is 3.92. The van der Waals surface area contributed by atoms with Gasteiger partial charge in [-0.25, -0.2) is 8.42 Å². The minimum Gasteiger partial charge on any atom is -0.312 e. The first-order valence-corrected chi connectivity index (χ1v) is 9.52. The van der Waals surface area contributed by atoms with Gasteiger partial charge in [0.05, 0.1) is 4.75 Å². The molecule has 0 saturated carbocycles. The molecule has 0 bridgehead atoms. The van der Waals surface area contributed by atoms with E-state index in [0.29, 0.717) is 18.0 Å². The van der Waals surface area contributed by atoms with Gasteiger partial charge in [0, 0.05) is 21.8 Å². The average Bonchev–Trinajstić information content (AvgIpc) is 2.30. The van der Waals surface area contributed by atoms with Gasteiger partial charge in [-0.05, 0) is 44.5 Å². The highest BCUT2D eigenvalue weighted by molar-refractivity contribution is 9.10. The zero-order valence-electron chi connectivity index (χ0n) is 12.2. The molecule has 1 aromatic carbocycles. The van der Waals surface area contributed by atoms with E-state index in [2.05, 4.69) is 21.2 Å². The lowest BCUT2D eigenvalue weighted by Crippen LogP contribution is -2.52. The Hall–Kier alpha value is -0.100. The van der Waals surface area contributed by atoms with Gasteiger partial charge in [0.2, 0.25) is 0 Å². The van der Waals surface area contributed by atoms with Crippen LogP contribution in [0, 0.1) is 0 Å². The van der Waals surface area contributed by atoms with Crippen LogP contribution in [0.15, 0.2) is 22.7 Å². The van der Waals surface area contributed by atoms with Crippen molar-refractivity contribution in [1.82, 2.24) is 5.32 Å². The summed E-state index contributed by atoms with van der Waals surface area (Å²) in [7, 11) is -3.18. The molecule has 0 radical (unpaired) electrons. The van der Waals surface area contributed by atoms with E-state index in [-0.39, 0.29) is 6.04 Å². The Balaban J connectivity index is 3.10. The van der Waals surface area contributed by atoms with Gasteiger partial charge < -0.3 is 5.32 Å². The number of hydrogen-bond donors (Lipinski definition) is 1. The molecule has 0 aliphatic rings. The van der Waals surface area contributed by atoms with E-state index in [1.54, 1.807) is 13.8 Å². The van der Waals surface area contributed by atoms with Crippen molar-refractivity contribution in [3.05, 3.63) is 33.3 Å². The first-order chi connectivity index (χ1) is 9.09. The van der Waals surface area contributed by atoms with Crippen LogP contribution in [-0.4, -0.2) is 32.0 Å². The predicted octanol–water partition coefficient (Wildman–Crippen LogP) is 3.45. The smallest absolute Gasteiger partial charge is 0.154 e. The van der Waals surface area contributed by atoms with Gasteiger partial charge in [-0.2, -0.15) is 0 Å². The Labute approximate surface area is 135 Å². The van der Waals surface area contributed by atoms with Gasteiger partial charge in [0.1, 0.15) is 0 Å². The third kappa shape index (κ3) is 4.20. The van der Waals surface area contributed by atoms with Gasteiger partial charge in [-0.1, -0.05) is 40.5 Å². The van der Waals surface area contributed by atoms with Gasteiger partial charge in [-0.15, -0.1) is 0 Å². The monoisotopic (exact) mass is 381 g/mol. The molecule has 114 valence electrons. The normalized spacial score (nSPS) is 14.3. The second kappa shape index (κ2) is 6.77. The molecule has 1 aromatic rings. The van der Waals surface area contributed by atoms with Crippen molar-refractivity contribution in [3.8, 4) is 0 Å². The van der Waals surface area contributed by atoms with Gasteiger partial charge in [-0.3, -0.25) is 0 Å². The Bertz CT molecular complexity index is 573. The molecular weight excluding hydrogens is 362 g/mol. The number of rotatable bonds is 6. The van der Waals surface area contributed by atoms with Crippen molar-refractivity contribution in [2.75, 3.05) is 12.8 Å². The molecule has 0 fully saturated rings. The second-order valence-corrected chi connectivity index (χ2v) is 9.35. The van der Waals surface area contributed by atoms with Crippen LogP contribution in [-0.2, 0) is 16.3 Å². The van der Waals surface area contributed by atoms with E-state index < -0.39 is 14.6 Å². The number of nitrogens with one attached hydrogen (secondary N) is 1. The van der Waals surface area contributed by atoms with Gasteiger partial charge >= 0.3 is 0 Å². The van der Waals surface area contributed by atoms with E-state index in [1.165, 1.54) is 6.26 Å². The summed E-state index contributed by atoms with van der Waals surface area (Å²) in [6.07, 6.45) is 1.85. The van der Waals surface area contributed by atoms with Crippen molar-refractivity contribution in [2.45, 2.75) is 38.0 Å². The maximum Gasteiger partial charge on any atom is 0.154 e. The fraction of sp³-hybridized carbons (Fsp3) is 0.571. The average molecular weight is 383 g/mol. The topological polar surface area (TPSA) is 46.2 Å². The Morgan fingerprint density at radius 1 is 1.40 bits per heavy atom. The van der Waals surface area contributed by atoms with Crippen LogP contribution in [0.5, 0.6) is 0 Å². The van der Waals surface area contributed by atoms with Crippen LogP contribution >= 0.6 is 27.5 Å². The standard InChI is InChI=1S/C14H21BrClNO2S/c1-5-17-13(14(2,3)20(4,18)19)8-10-6-7-11(15)9-12(10)16/h6-7,9,13,17H,5,8H2,1-4H3. The lowest BCUT2D eigenvalue weighted by molar-refractivity contribution is 0.413. The van der Waals surface area contributed by atoms with Crippen LogP contribution in [0.25, 0.3) is 0 Å². The third-order valence-corrected chi connectivity index (χ3v) is 6.73. The van der Waals surface area contributed by atoms with Crippen molar-refractivity contribution >= 4 is 37.4 Å². The summed E-state index contributed by atoms with van der Waals surface area (Å²) in [5.74, 6) is 0. The number of likely N-dealkylation sites (N-methyl/N-ethyl adjacent to an activating group) is 1. The first kappa shape index (κ1) is 18.0. The predicted molar refractivity (Wildman–Crippen MR) is 89.2 cm³/mol. The molecule has 1 N–H and O–H groups in total. The van der Waals surface area contributed by atoms with E-state index in [4.69, 9.17) is 11.6 Å². The molecular formula is C14H21BrClNO2S. The maximum atomic E-state index is 12.0. The largest absolute Gasteiger partial charge is 0.312 e. The molecule has 6 heteroatoms. The van der Waals surface area contributed by atoms with Gasteiger partial charge in [0.25, 0.3) is 0 Å². The minimum absolute atomic E-state index is 0.193. The van der Waals surface area contributed by atoms with E-state index in [0.717, 1.165) is 10.0 Å². The Kier molecular flexibility index (Phi) is 6.08. The summed E-state index contributed by atoms with van der Waals surface area (Å²) >= 11 is 9.60. The van der Waals surface area contributed by atoms with Crippen molar-refractivity contribution in [3.63, 3.8) is 0 Å². The minimum atomic E-state index is -3.18. The SMILES string of the molecule is CCNC(Cc1ccc(Br)cc1Cl)C(C)(C)S(C)(=O)=O. The van der Waals surface area contributed by atoms with Crippen LogP contribution in [0.2, 0.25) is 5.02 Å². The van der Waals surface area contributed by atoms with Crippen LogP contribution in [0.4, 0.5) is 0 Å². The molecule has 0 aliphatic carbocycles. The molecule has 1 rings (SSSR count). The van der Waals surface area contributed by atoms with Crippen molar-refractivity contribution in [1.29, 1.82) is 0 Å². The second-order valence-electron chi connectivity index (χ2n) is 5.43. The Morgan fingerprint density at radius 3 is 2.45 bits per heavy atom. The number of hydrogen-bond acceptors (Lipinski definition) is 3. The maximum absolute atomic E-state index is 12.0. The molecule has 0 heterocycles. The van der Waals surface area contributed by atoms with E-state index in [9.17, 15) is 8.42 Å². The highest BCUT2D eigenvalue weighted by Crippen LogP contribution is 2.27. The molecule has 0 aliphatic heterocycles. The van der Waals surface area contributed by atoms with E-state index in [1.807, 2.05) is 25.1 Å². The highest BCUT2D eigenvalue weighted by Gasteiger charge is 2.38. The van der Waals surface area contributed by atoms with Crippen molar-refractivity contribution in [2.24, 2.45) is 0 Å². The highest BCUT2D eigenvalue weighted by atomic mass is 79.9. The van der Waals surface area contributed by atoms with Crippen LogP contribution in [0.3, 0.4) is 0 Å². The van der Waals surface area contributed by atoms with Gasteiger partial charge in [0.15, 0.2) is 9.84 Å². The van der Waals surface area contributed by atoms with Crippen molar-refractivity contribution < 1.29 is 8.42 Å². The zero-order valence-corrected chi connectivity index (χ0v) is 15.4. The molecule has 0 saturated heterocycles. The quantitative estimate of drug-likeness (QED) is 0.819. The van der Waals surface area contributed by atoms with Crippen LogP contribution in [0.1, 0.15) is 26.3 Å². The lowest BCUT2D eigenvalue weighted by atomic mass is 9.95.